The standard InChI is InChI=1S/C13H18O3/c1-3-8-13(16-12(14)4-2)15-11-9-6-5-7-10-11/h5-7,9-10,13H,3-4,8H2,1-2H3. The lowest BCUT2D eigenvalue weighted by molar-refractivity contribution is -0.164. The van der Waals surface area contributed by atoms with E-state index in [0.717, 1.165) is 12.2 Å². The fraction of sp³-hybridized carbons (Fsp3) is 0.462. The highest BCUT2D eigenvalue weighted by Gasteiger charge is 2.13. The van der Waals surface area contributed by atoms with Gasteiger partial charge in [0.05, 0.1) is 0 Å². The summed E-state index contributed by atoms with van der Waals surface area (Å²) in [6.45, 7) is 3.80. The Labute approximate surface area is 96.4 Å². The first-order valence-corrected chi connectivity index (χ1v) is 5.67. The van der Waals surface area contributed by atoms with E-state index in [1.807, 2.05) is 37.3 Å². The molecule has 0 amide bonds. The smallest absolute Gasteiger partial charge is 0.308 e. The van der Waals surface area contributed by atoms with Gasteiger partial charge in [-0.2, -0.15) is 0 Å². The van der Waals surface area contributed by atoms with Crippen LogP contribution in [0, 0.1) is 0 Å². The second-order valence-electron chi connectivity index (χ2n) is 3.49. The number of rotatable bonds is 6. The van der Waals surface area contributed by atoms with E-state index in [4.69, 9.17) is 9.47 Å². The molecule has 0 aliphatic heterocycles. The van der Waals surface area contributed by atoms with Crippen molar-refractivity contribution in [1.82, 2.24) is 0 Å². The summed E-state index contributed by atoms with van der Waals surface area (Å²) in [6.07, 6.45) is 1.52. The molecule has 88 valence electrons. The van der Waals surface area contributed by atoms with E-state index >= 15 is 0 Å². The van der Waals surface area contributed by atoms with Gasteiger partial charge < -0.3 is 9.47 Å². The molecule has 0 aromatic heterocycles. The van der Waals surface area contributed by atoms with E-state index in [0.29, 0.717) is 12.8 Å². The maximum atomic E-state index is 11.2. The van der Waals surface area contributed by atoms with Gasteiger partial charge in [0.1, 0.15) is 5.75 Å². The number of ether oxygens (including phenoxy) is 2. The number of esters is 1. The average molecular weight is 222 g/mol. The molecule has 16 heavy (non-hydrogen) atoms. The van der Waals surface area contributed by atoms with E-state index in [-0.39, 0.29) is 5.97 Å². The highest BCUT2D eigenvalue weighted by molar-refractivity contribution is 5.69. The lowest BCUT2D eigenvalue weighted by Gasteiger charge is -2.18. The van der Waals surface area contributed by atoms with Crippen LogP contribution in [0.3, 0.4) is 0 Å². The van der Waals surface area contributed by atoms with Gasteiger partial charge in [-0.1, -0.05) is 32.0 Å². The molecule has 0 N–H and O–H groups in total. The molecule has 0 spiro atoms. The minimum atomic E-state index is -0.472. The van der Waals surface area contributed by atoms with Gasteiger partial charge in [0, 0.05) is 12.8 Å². The highest BCUT2D eigenvalue weighted by Crippen LogP contribution is 2.14. The van der Waals surface area contributed by atoms with Crippen LogP contribution in [0.15, 0.2) is 30.3 Å². The first-order valence-electron chi connectivity index (χ1n) is 5.67. The van der Waals surface area contributed by atoms with Gasteiger partial charge >= 0.3 is 5.97 Å². The molecule has 0 fully saturated rings. The summed E-state index contributed by atoms with van der Waals surface area (Å²) < 4.78 is 10.8. The molecule has 1 aromatic carbocycles. The summed E-state index contributed by atoms with van der Waals surface area (Å²) in [7, 11) is 0. The minimum absolute atomic E-state index is 0.227. The first-order chi connectivity index (χ1) is 7.76. The van der Waals surface area contributed by atoms with Crippen LogP contribution in [0.4, 0.5) is 0 Å². The summed E-state index contributed by atoms with van der Waals surface area (Å²) in [5.74, 6) is 0.499. The van der Waals surface area contributed by atoms with Gasteiger partial charge in [-0.05, 0) is 18.6 Å². The van der Waals surface area contributed by atoms with Crippen molar-refractivity contribution < 1.29 is 14.3 Å². The number of benzene rings is 1. The zero-order valence-electron chi connectivity index (χ0n) is 9.81. The maximum Gasteiger partial charge on any atom is 0.308 e. The summed E-state index contributed by atoms with van der Waals surface area (Å²) in [4.78, 5) is 11.2. The molecule has 0 saturated heterocycles. The van der Waals surface area contributed by atoms with Crippen LogP contribution in [0.25, 0.3) is 0 Å². The number of hydrogen-bond acceptors (Lipinski definition) is 3. The molecule has 0 bridgehead atoms. The van der Waals surface area contributed by atoms with Gasteiger partial charge in [-0.25, -0.2) is 0 Å². The molecule has 1 atom stereocenters. The molecule has 1 aromatic rings. The van der Waals surface area contributed by atoms with Crippen molar-refractivity contribution in [3.63, 3.8) is 0 Å². The van der Waals surface area contributed by atoms with E-state index in [2.05, 4.69) is 0 Å². The van der Waals surface area contributed by atoms with Crippen molar-refractivity contribution in [2.45, 2.75) is 39.4 Å². The molecule has 0 saturated carbocycles. The monoisotopic (exact) mass is 222 g/mol. The van der Waals surface area contributed by atoms with Gasteiger partial charge in [0.25, 0.3) is 0 Å². The Morgan fingerprint density at radius 1 is 1.25 bits per heavy atom. The Balaban J connectivity index is 2.54. The number of para-hydroxylation sites is 1. The van der Waals surface area contributed by atoms with Crippen LogP contribution >= 0.6 is 0 Å². The van der Waals surface area contributed by atoms with Crippen LogP contribution < -0.4 is 4.74 Å². The molecule has 3 heteroatoms. The van der Waals surface area contributed by atoms with Crippen LogP contribution in [0.1, 0.15) is 33.1 Å². The highest BCUT2D eigenvalue weighted by atomic mass is 16.7. The Morgan fingerprint density at radius 3 is 2.50 bits per heavy atom. The van der Waals surface area contributed by atoms with Gasteiger partial charge in [-0.3, -0.25) is 4.79 Å². The predicted octanol–water partition coefficient (Wildman–Crippen LogP) is 3.14. The number of carbonyl (C=O) groups is 1. The third-order valence-corrected chi connectivity index (χ3v) is 2.09. The fourth-order valence-electron chi connectivity index (χ4n) is 1.26. The van der Waals surface area contributed by atoms with E-state index in [1.165, 1.54) is 0 Å². The van der Waals surface area contributed by atoms with Crippen molar-refractivity contribution in [2.75, 3.05) is 0 Å². The van der Waals surface area contributed by atoms with Gasteiger partial charge in [0.15, 0.2) is 0 Å². The van der Waals surface area contributed by atoms with Crippen molar-refractivity contribution in [1.29, 1.82) is 0 Å². The van der Waals surface area contributed by atoms with Crippen molar-refractivity contribution in [3.8, 4) is 5.75 Å². The largest absolute Gasteiger partial charge is 0.455 e. The molecule has 3 nitrogen and oxygen atoms in total. The maximum absolute atomic E-state index is 11.2. The van der Waals surface area contributed by atoms with Crippen LogP contribution in [-0.2, 0) is 9.53 Å². The second-order valence-corrected chi connectivity index (χ2v) is 3.49. The molecule has 0 aliphatic rings. The topological polar surface area (TPSA) is 35.5 Å². The second kappa shape index (κ2) is 6.88. The third kappa shape index (κ3) is 4.34. The zero-order chi connectivity index (χ0) is 11.8. The van der Waals surface area contributed by atoms with Crippen LogP contribution in [0.2, 0.25) is 0 Å². The van der Waals surface area contributed by atoms with Crippen LogP contribution in [-0.4, -0.2) is 12.3 Å². The quantitative estimate of drug-likeness (QED) is 0.548. The minimum Gasteiger partial charge on any atom is -0.455 e. The summed E-state index contributed by atoms with van der Waals surface area (Å²) in [6, 6.07) is 9.39. The van der Waals surface area contributed by atoms with E-state index < -0.39 is 6.29 Å². The summed E-state index contributed by atoms with van der Waals surface area (Å²) >= 11 is 0. The third-order valence-electron chi connectivity index (χ3n) is 2.09. The SMILES string of the molecule is CCCC(OC(=O)CC)Oc1ccccc1. The molecule has 0 heterocycles. The Hall–Kier alpha value is -1.51. The first kappa shape index (κ1) is 12.6. The normalized spacial score (nSPS) is 11.9. The number of carbonyl (C=O) groups excluding carboxylic acids is 1. The van der Waals surface area contributed by atoms with Crippen molar-refractivity contribution >= 4 is 5.97 Å². The Morgan fingerprint density at radius 2 is 1.94 bits per heavy atom. The molecule has 0 radical (unpaired) electrons. The molecule has 1 rings (SSSR count). The van der Waals surface area contributed by atoms with Gasteiger partial charge in [0.2, 0.25) is 6.29 Å². The zero-order valence-corrected chi connectivity index (χ0v) is 9.81. The van der Waals surface area contributed by atoms with Gasteiger partial charge in [-0.15, -0.1) is 0 Å². The molecular formula is C13H18O3. The number of hydrogen-bond donors (Lipinski definition) is 0. The van der Waals surface area contributed by atoms with Crippen molar-refractivity contribution in [2.24, 2.45) is 0 Å². The molecular weight excluding hydrogens is 204 g/mol. The van der Waals surface area contributed by atoms with Crippen molar-refractivity contribution in [3.05, 3.63) is 30.3 Å². The predicted molar refractivity (Wildman–Crippen MR) is 62.1 cm³/mol. The summed E-state index contributed by atoms with van der Waals surface area (Å²) in [5.41, 5.74) is 0. The average Bonchev–Trinajstić information content (AvgIpc) is 2.30. The summed E-state index contributed by atoms with van der Waals surface area (Å²) in [5, 5.41) is 0. The van der Waals surface area contributed by atoms with Crippen LogP contribution in [0.5, 0.6) is 5.75 Å². The fourth-order valence-corrected chi connectivity index (χ4v) is 1.26. The lowest BCUT2D eigenvalue weighted by atomic mass is 10.3. The Kier molecular flexibility index (Phi) is 5.40. The molecule has 0 aliphatic carbocycles. The Bertz CT molecular complexity index is 308. The van der Waals surface area contributed by atoms with E-state index in [9.17, 15) is 4.79 Å². The van der Waals surface area contributed by atoms with E-state index in [1.54, 1.807) is 6.92 Å². The lowest BCUT2D eigenvalue weighted by Crippen LogP contribution is -2.23. The molecule has 1 unspecified atom stereocenters.